The molecule has 1 saturated heterocycles. The van der Waals surface area contributed by atoms with Crippen molar-refractivity contribution in [1.29, 1.82) is 0 Å². The number of urea groups is 1. The number of hydrogen-bond donors (Lipinski definition) is 2. The van der Waals surface area contributed by atoms with E-state index in [4.69, 9.17) is 0 Å². The molecule has 1 aliphatic heterocycles. The quantitative estimate of drug-likeness (QED) is 0.894. The van der Waals surface area contributed by atoms with Crippen molar-refractivity contribution in [2.24, 2.45) is 0 Å². The topological polar surface area (TPSA) is 78.5 Å². The van der Waals surface area contributed by atoms with Gasteiger partial charge in [0, 0.05) is 12.2 Å². The average Bonchev–Trinajstić information content (AvgIpc) is 2.90. The van der Waals surface area contributed by atoms with Crippen LogP contribution in [0.15, 0.2) is 48.5 Å². The fourth-order valence-electron chi connectivity index (χ4n) is 2.49. The molecule has 0 saturated carbocycles. The molecule has 24 heavy (non-hydrogen) atoms. The largest absolute Gasteiger partial charge is 0.323 e. The number of para-hydroxylation sites is 1. The van der Waals surface area contributed by atoms with Crippen LogP contribution in [0.5, 0.6) is 0 Å². The molecule has 0 unspecified atom stereocenters. The normalized spacial score (nSPS) is 16.0. The van der Waals surface area contributed by atoms with E-state index in [0.29, 0.717) is 24.3 Å². The molecule has 2 aromatic rings. The van der Waals surface area contributed by atoms with E-state index in [1.807, 2.05) is 0 Å². The third kappa shape index (κ3) is 3.48. The maximum Gasteiger partial charge on any atom is 0.323 e. The summed E-state index contributed by atoms with van der Waals surface area (Å²) >= 11 is 0. The van der Waals surface area contributed by atoms with Crippen molar-refractivity contribution in [2.45, 2.75) is 6.42 Å². The molecular weight excluding hydrogens is 333 g/mol. The van der Waals surface area contributed by atoms with E-state index in [2.05, 4.69) is 10.6 Å². The van der Waals surface area contributed by atoms with Crippen LogP contribution in [0.1, 0.15) is 6.42 Å². The molecule has 0 bridgehead atoms. The van der Waals surface area contributed by atoms with Gasteiger partial charge in [0.05, 0.1) is 17.1 Å². The Morgan fingerprint density at radius 1 is 1.04 bits per heavy atom. The Morgan fingerprint density at radius 3 is 2.38 bits per heavy atom. The standard InChI is InChI=1S/C16H16FN3O3S/c17-14-4-1-2-5-15(14)19-16(21)18-12-6-8-13(9-7-12)20-10-3-11-24(20,22)23/h1-2,4-9H,3,10-11H2,(H2,18,19,21). The van der Waals surface area contributed by atoms with Gasteiger partial charge in [-0.1, -0.05) is 12.1 Å². The van der Waals surface area contributed by atoms with Crippen LogP contribution >= 0.6 is 0 Å². The highest BCUT2D eigenvalue weighted by molar-refractivity contribution is 7.93. The zero-order valence-electron chi connectivity index (χ0n) is 12.7. The van der Waals surface area contributed by atoms with Gasteiger partial charge in [-0.3, -0.25) is 4.31 Å². The third-order valence-electron chi connectivity index (χ3n) is 3.63. The van der Waals surface area contributed by atoms with E-state index in [-0.39, 0.29) is 11.4 Å². The number of hydrogen-bond acceptors (Lipinski definition) is 3. The SMILES string of the molecule is O=C(Nc1ccc(N2CCCS2(=O)=O)cc1)Nc1ccccc1F. The molecule has 0 aromatic heterocycles. The Kier molecular flexibility index (Phi) is 4.39. The number of nitrogens with zero attached hydrogens (tertiary/aromatic N) is 1. The lowest BCUT2D eigenvalue weighted by Gasteiger charge is -2.17. The van der Waals surface area contributed by atoms with Crippen molar-refractivity contribution in [3.8, 4) is 0 Å². The Morgan fingerprint density at radius 2 is 1.75 bits per heavy atom. The van der Waals surface area contributed by atoms with Crippen molar-refractivity contribution in [1.82, 2.24) is 0 Å². The lowest BCUT2D eigenvalue weighted by molar-refractivity contribution is 0.262. The zero-order valence-corrected chi connectivity index (χ0v) is 13.5. The summed E-state index contributed by atoms with van der Waals surface area (Å²) in [6, 6.07) is 11.7. The van der Waals surface area contributed by atoms with Gasteiger partial charge in [0.1, 0.15) is 5.82 Å². The molecule has 126 valence electrons. The van der Waals surface area contributed by atoms with E-state index in [0.717, 1.165) is 0 Å². The highest BCUT2D eigenvalue weighted by Gasteiger charge is 2.28. The minimum atomic E-state index is -3.23. The lowest BCUT2D eigenvalue weighted by atomic mass is 10.2. The number of carbonyl (C=O) groups is 1. The Balaban J connectivity index is 1.66. The monoisotopic (exact) mass is 349 g/mol. The number of anilines is 3. The van der Waals surface area contributed by atoms with Crippen molar-refractivity contribution < 1.29 is 17.6 Å². The summed E-state index contributed by atoms with van der Waals surface area (Å²) in [5.41, 5.74) is 1.12. The van der Waals surface area contributed by atoms with Crippen LogP contribution in [-0.2, 0) is 10.0 Å². The molecule has 1 aliphatic rings. The predicted octanol–water partition coefficient (Wildman–Crippen LogP) is 3.01. The van der Waals surface area contributed by atoms with Gasteiger partial charge < -0.3 is 10.6 Å². The first-order valence-corrected chi connectivity index (χ1v) is 9.00. The summed E-state index contributed by atoms with van der Waals surface area (Å²) < 4.78 is 38.6. The second-order valence-corrected chi connectivity index (χ2v) is 7.36. The first-order valence-electron chi connectivity index (χ1n) is 7.39. The van der Waals surface area contributed by atoms with Gasteiger partial charge >= 0.3 is 6.03 Å². The lowest BCUT2D eigenvalue weighted by Crippen LogP contribution is -2.25. The predicted molar refractivity (Wildman–Crippen MR) is 91.2 cm³/mol. The van der Waals surface area contributed by atoms with E-state index < -0.39 is 21.9 Å². The molecule has 8 heteroatoms. The Hall–Kier alpha value is -2.61. The highest BCUT2D eigenvalue weighted by atomic mass is 32.2. The van der Waals surface area contributed by atoms with Gasteiger partial charge in [-0.25, -0.2) is 17.6 Å². The van der Waals surface area contributed by atoms with Gasteiger partial charge in [0.2, 0.25) is 10.0 Å². The number of sulfonamides is 1. The molecule has 2 amide bonds. The van der Waals surface area contributed by atoms with Gasteiger partial charge in [-0.2, -0.15) is 0 Å². The van der Waals surface area contributed by atoms with Crippen LogP contribution in [0.25, 0.3) is 0 Å². The van der Waals surface area contributed by atoms with Crippen molar-refractivity contribution >= 4 is 33.1 Å². The first-order chi connectivity index (χ1) is 11.5. The second-order valence-electron chi connectivity index (χ2n) is 5.35. The molecule has 1 fully saturated rings. The molecule has 2 aromatic carbocycles. The van der Waals surface area contributed by atoms with E-state index >= 15 is 0 Å². The van der Waals surface area contributed by atoms with Crippen LogP contribution in [-0.4, -0.2) is 26.7 Å². The van der Waals surface area contributed by atoms with Crippen molar-refractivity contribution in [3.63, 3.8) is 0 Å². The molecule has 0 atom stereocenters. The van der Waals surface area contributed by atoms with Gasteiger partial charge in [0.25, 0.3) is 0 Å². The second kappa shape index (κ2) is 6.48. The number of halogens is 1. The Labute approximate surface area is 139 Å². The summed E-state index contributed by atoms with van der Waals surface area (Å²) in [6.07, 6.45) is 0.605. The smallest absolute Gasteiger partial charge is 0.308 e. The maximum absolute atomic E-state index is 13.5. The fraction of sp³-hybridized carbons (Fsp3) is 0.188. The molecule has 2 N–H and O–H groups in total. The van der Waals surface area contributed by atoms with Gasteiger partial charge in [-0.15, -0.1) is 0 Å². The zero-order chi connectivity index (χ0) is 17.2. The van der Waals surface area contributed by atoms with E-state index in [1.165, 1.54) is 22.5 Å². The molecule has 0 spiro atoms. The number of benzene rings is 2. The molecule has 0 aliphatic carbocycles. The van der Waals surface area contributed by atoms with Crippen LogP contribution in [0, 0.1) is 5.82 Å². The molecule has 6 nitrogen and oxygen atoms in total. The van der Waals surface area contributed by atoms with Crippen molar-refractivity contribution in [2.75, 3.05) is 27.2 Å². The third-order valence-corrected chi connectivity index (χ3v) is 5.50. The fourth-order valence-corrected chi connectivity index (χ4v) is 4.05. The average molecular weight is 349 g/mol. The maximum atomic E-state index is 13.5. The van der Waals surface area contributed by atoms with E-state index in [1.54, 1.807) is 30.3 Å². The first kappa shape index (κ1) is 16.3. The van der Waals surface area contributed by atoms with E-state index in [9.17, 15) is 17.6 Å². The summed E-state index contributed by atoms with van der Waals surface area (Å²) in [7, 11) is -3.23. The number of rotatable bonds is 3. The molecule has 3 rings (SSSR count). The van der Waals surface area contributed by atoms with Gasteiger partial charge in [0.15, 0.2) is 0 Å². The number of amides is 2. The summed E-state index contributed by atoms with van der Waals surface area (Å²) in [6.45, 7) is 0.461. The molecular formula is C16H16FN3O3S. The van der Waals surface area contributed by atoms with Gasteiger partial charge in [-0.05, 0) is 42.8 Å². The van der Waals surface area contributed by atoms with Crippen LogP contribution in [0.3, 0.4) is 0 Å². The summed E-state index contributed by atoms with van der Waals surface area (Å²) in [4.78, 5) is 11.9. The molecule has 1 heterocycles. The van der Waals surface area contributed by atoms with Crippen LogP contribution in [0.4, 0.5) is 26.2 Å². The minimum Gasteiger partial charge on any atom is -0.308 e. The molecule has 0 radical (unpaired) electrons. The Bertz CT molecular complexity index is 853. The van der Waals surface area contributed by atoms with Crippen molar-refractivity contribution in [3.05, 3.63) is 54.3 Å². The summed E-state index contributed by atoms with van der Waals surface area (Å²) in [5.74, 6) is -0.375. The number of carbonyl (C=O) groups excluding carboxylic acids is 1. The highest BCUT2D eigenvalue weighted by Crippen LogP contribution is 2.25. The summed E-state index contributed by atoms with van der Waals surface area (Å²) in [5, 5.41) is 4.98. The minimum absolute atomic E-state index is 0.0785. The van der Waals surface area contributed by atoms with Crippen LogP contribution < -0.4 is 14.9 Å². The van der Waals surface area contributed by atoms with Crippen LogP contribution in [0.2, 0.25) is 0 Å². The number of nitrogens with one attached hydrogen (secondary N) is 2.